The van der Waals surface area contributed by atoms with E-state index in [1.54, 1.807) is 23.2 Å². The molecular weight excluding hydrogens is 460 g/mol. The topological polar surface area (TPSA) is 97.1 Å². The van der Waals surface area contributed by atoms with Crippen LogP contribution in [0.5, 0.6) is 11.5 Å². The smallest absolute Gasteiger partial charge is 0.289 e. The molecule has 1 fully saturated rings. The lowest BCUT2D eigenvalue weighted by atomic mass is 10.1. The number of furan rings is 1. The predicted molar refractivity (Wildman–Crippen MR) is 132 cm³/mol. The third-order valence-electron chi connectivity index (χ3n) is 6.50. The summed E-state index contributed by atoms with van der Waals surface area (Å²) >= 11 is 0. The summed E-state index contributed by atoms with van der Waals surface area (Å²) in [6.07, 6.45) is 3.28. The first-order valence-electron chi connectivity index (χ1n) is 11.8. The number of anilines is 1. The van der Waals surface area contributed by atoms with Gasteiger partial charge >= 0.3 is 0 Å². The number of hydrogen-bond acceptors (Lipinski definition) is 7. The van der Waals surface area contributed by atoms with E-state index < -0.39 is 0 Å². The minimum Gasteiger partial charge on any atom is -0.459 e. The molecule has 4 aromatic rings. The summed E-state index contributed by atoms with van der Waals surface area (Å²) in [5.74, 6) is 2.29. The van der Waals surface area contributed by atoms with Gasteiger partial charge in [0.2, 0.25) is 6.79 Å². The molecule has 2 aliphatic heterocycles. The van der Waals surface area contributed by atoms with Crippen molar-refractivity contribution in [1.82, 2.24) is 15.2 Å². The minimum atomic E-state index is -0.168. The van der Waals surface area contributed by atoms with Gasteiger partial charge < -0.3 is 29.0 Å². The van der Waals surface area contributed by atoms with Gasteiger partial charge in [-0.3, -0.25) is 9.59 Å². The molecule has 0 atom stereocenters. The number of pyridine rings is 1. The van der Waals surface area contributed by atoms with Gasteiger partial charge in [-0.1, -0.05) is 12.1 Å². The number of aromatic nitrogens is 1. The van der Waals surface area contributed by atoms with Crippen molar-refractivity contribution in [3.05, 3.63) is 83.9 Å². The van der Waals surface area contributed by atoms with E-state index in [4.69, 9.17) is 13.9 Å². The SMILES string of the molecule is O=C(NCc1ccc2c(c1)OCO2)c1ccc2ccnc(N3CCN(C(=O)c4ccco4)CC3)c2c1. The normalized spacial score (nSPS) is 14.8. The van der Waals surface area contributed by atoms with E-state index >= 15 is 0 Å². The van der Waals surface area contributed by atoms with Crippen LogP contribution in [-0.2, 0) is 6.54 Å². The van der Waals surface area contributed by atoms with Gasteiger partial charge in [0.15, 0.2) is 17.3 Å². The Labute approximate surface area is 207 Å². The largest absolute Gasteiger partial charge is 0.459 e. The first-order valence-corrected chi connectivity index (χ1v) is 11.8. The fraction of sp³-hybridized carbons (Fsp3) is 0.222. The Morgan fingerprint density at radius 3 is 2.64 bits per heavy atom. The maximum atomic E-state index is 13.0. The molecule has 182 valence electrons. The van der Waals surface area contributed by atoms with Crippen LogP contribution in [0.25, 0.3) is 10.8 Å². The maximum Gasteiger partial charge on any atom is 0.289 e. The highest BCUT2D eigenvalue weighted by molar-refractivity contribution is 6.01. The molecule has 4 heterocycles. The van der Waals surface area contributed by atoms with Gasteiger partial charge in [-0.25, -0.2) is 4.98 Å². The number of fused-ring (bicyclic) bond motifs is 2. The van der Waals surface area contributed by atoms with Crippen LogP contribution in [0.15, 0.2) is 71.5 Å². The molecule has 2 amide bonds. The number of carbonyl (C=O) groups excluding carboxylic acids is 2. The lowest BCUT2D eigenvalue weighted by molar-refractivity contribution is 0.0714. The lowest BCUT2D eigenvalue weighted by Crippen LogP contribution is -2.49. The number of benzene rings is 2. The third-order valence-corrected chi connectivity index (χ3v) is 6.50. The van der Waals surface area contributed by atoms with Gasteiger partial charge in [0.25, 0.3) is 11.8 Å². The van der Waals surface area contributed by atoms with Crippen LogP contribution < -0.4 is 19.7 Å². The fourth-order valence-electron chi connectivity index (χ4n) is 4.56. The van der Waals surface area contributed by atoms with E-state index in [0.29, 0.717) is 55.5 Å². The van der Waals surface area contributed by atoms with Gasteiger partial charge in [-0.15, -0.1) is 0 Å². The highest BCUT2D eigenvalue weighted by Gasteiger charge is 2.25. The molecule has 0 spiro atoms. The van der Waals surface area contributed by atoms with Crippen molar-refractivity contribution in [2.24, 2.45) is 0 Å². The summed E-state index contributed by atoms with van der Waals surface area (Å²) in [5.41, 5.74) is 1.49. The number of nitrogens with one attached hydrogen (secondary N) is 1. The highest BCUT2D eigenvalue weighted by Crippen LogP contribution is 2.32. The van der Waals surface area contributed by atoms with Crippen molar-refractivity contribution < 1.29 is 23.5 Å². The highest BCUT2D eigenvalue weighted by atomic mass is 16.7. The summed E-state index contributed by atoms with van der Waals surface area (Å²) in [6.45, 7) is 2.99. The second-order valence-electron chi connectivity index (χ2n) is 8.70. The van der Waals surface area contributed by atoms with E-state index in [1.165, 1.54) is 6.26 Å². The number of amides is 2. The predicted octanol–water partition coefficient (Wildman–Crippen LogP) is 3.45. The van der Waals surface area contributed by atoms with Gasteiger partial charge in [0.05, 0.1) is 6.26 Å². The van der Waals surface area contributed by atoms with E-state index in [1.807, 2.05) is 42.5 Å². The van der Waals surface area contributed by atoms with Crippen LogP contribution in [0, 0.1) is 0 Å². The van der Waals surface area contributed by atoms with Gasteiger partial charge in [-0.2, -0.15) is 0 Å². The molecule has 2 aromatic carbocycles. The quantitative estimate of drug-likeness (QED) is 0.463. The number of nitrogens with zero attached hydrogens (tertiary/aromatic N) is 3. The van der Waals surface area contributed by atoms with Crippen molar-refractivity contribution >= 4 is 28.4 Å². The van der Waals surface area contributed by atoms with Crippen LogP contribution in [0.3, 0.4) is 0 Å². The average Bonchev–Trinajstić information content (AvgIpc) is 3.63. The molecule has 1 saturated heterocycles. The number of ether oxygens (including phenoxy) is 2. The minimum absolute atomic E-state index is 0.105. The maximum absolute atomic E-state index is 13.0. The summed E-state index contributed by atoms with van der Waals surface area (Å²) < 4.78 is 16.0. The van der Waals surface area contributed by atoms with Crippen molar-refractivity contribution in [1.29, 1.82) is 0 Å². The Bertz CT molecular complexity index is 1430. The number of carbonyl (C=O) groups is 2. The molecule has 36 heavy (non-hydrogen) atoms. The Morgan fingerprint density at radius 1 is 0.944 bits per heavy atom. The van der Waals surface area contributed by atoms with Crippen LogP contribution in [-0.4, -0.2) is 54.7 Å². The van der Waals surface area contributed by atoms with Gasteiger partial charge in [0, 0.05) is 49.9 Å². The molecule has 2 aromatic heterocycles. The molecular formula is C27H24N4O5. The van der Waals surface area contributed by atoms with Crippen molar-refractivity contribution in [3.8, 4) is 11.5 Å². The van der Waals surface area contributed by atoms with Crippen LogP contribution >= 0.6 is 0 Å². The molecule has 2 aliphatic rings. The van der Waals surface area contributed by atoms with Crippen LogP contribution in [0.2, 0.25) is 0 Å². The lowest BCUT2D eigenvalue weighted by Gasteiger charge is -2.35. The average molecular weight is 485 g/mol. The summed E-state index contributed by atoms with van der Waals surface area (Å²) in [5, 5.41) is 4.88. The number of piperazine rings is 1. The number of rotatable bonds is 5. The van der Waals surface area contributed by atoms with E-state index in [2.05, 4.69) is 15.2 Å². The Balaban J connectivity index is 1.16. The van der Waals surface area contributed by atoms with Crippen LogP contribution in [0.4, 0.5) is 5.82 Å². The zero-order valence-corrected chi connectivity index (χ0v) is 19.5. The zero-order chi connectivity index (χ0) is 24.5. The van der Waals surface area contributed by atoms with E-state index in [0.717, 1.165) is 22.2 Å². The molecule has 0 radical (unpaired) electrons. The molecule has 0 saturated carbocycles. The molecule has 0 aliphatic carbocycles. The van der Waals surface area contributed by atoms with Crippen molar-refractivity contribution in [3.63, 3.8) is 0 Å². The van der Waals surface area contributed by atoms with E-state index in [9.17, 15) is 9.59 Å². The molecule has 9 nitrogen and oxygen atoms in total. The Kier molecular flexibility index (Phi) is 5.65. The second-order valence-corrected chi connectivity index (χ2v) is 8.70. The molecule has 1 N–H and O–H groups in total. The summed E-state index contributed by atoms with van der Waals surface area (Å²) in [6, 6.07) is 16.6. The summed E-state index contributed by atoms with van der Waals surface area (Å²) in [4.78, 5) is 34.1. The molecule has 0 bridgehead atoms. The fourth-order valence-corrected chi connectivity index (χ4v) is 4.56. The summed E-state index contributed by atoms with van der Waals surface area (Å²) in [7, 11) is 0. The Morgan fingerprint density at radius 2 is 1.81 bits per heavy atom. The third kappa shape index (κ3) is 4.19. The van der Waals surface area contributed by atoms with Crippen molar-refractivity contribution in [2.45, 2.75) is 6.54 Å². The van der Waals surface area contributed by atoms with Gasteiger partial charge in [-0.05, 0) is 53.4 Å². The molecule has 9 heteroatoms. The van der Waals surface area contributed by atoms with E-state index in [-0.39, 0.29) is 18.6 Å². The standard InChI is InChI=1S/C27H24N4O5/c32-26(29-16-18-3-6-22-24(14-18)36-17-35-22)20-5-4-19-7-8-28-25(21(19)15-20)30-9-11-31(12-10-30)27(33)23-2-1-13-34-23/h1-8,13-15H,9-12,16-17H2,(H,29,32). The number of hydrogen-bond donors (Lipinski definition) is 1. The second kappa shape index (κ2) is 9.26. The van der Waals surface area contributed by atoms with Crippen molar-refractivity contribution in [2.75, 3.05) is 37.9 Å². The zero-order valence-electron chi connectivity index (χ0n) is 19.5. The Hall–Kier alpha value is -4.53. The molecule has 6 rings (SSSR count). The first-order chi connectivity index (χ1) is 17.7. The first kappa shape index (κ1) is 22.0. The monoisotopic (exact) mass is 484 g/mol. The molecule has 0 unspecified atom stereocenters. The van der Waals surface area contributed by atoms with Crippen LogP contribution in [0.1, 0.15) is 26.5 Å². The van der Waals surface area contributed by atoms with Gasteiger partial charge in [0.1, 0.15) is 5.82 Å².